The van der Waals surface area contributed by atoms with Gasteiger partial charge in [0.2, 0.25) is 21.8 Å². The average Bonchev–Trinajstić information content (AvgIpc) is 4.00. The standard InChI is InChI=1S/C39H48ClN5O8S/c1-23-32-28(27-14-13-25(40)19-30(27)41-23)15-16-38(53-32)21-31-33(46)43-39(35(48)44-54(50,51)37(2)17-18-37)20-24(39)9-6-4-3-5-7-12-29(34(47)45(31)22-38)42-36(49)52-26-10-8-11-26/h6,9,13-14,19,24,26,29,31H,3-5,7-8,10-12,15-18,20-22H2,1-2H3,(H,42,49)(H,43,46)(H,44,48). The molecule has 13 nitrogen and oxygen atoms in total. The Morgan fingerprint density at radius 1 is 1.07 bits per heavy atom. The molecule has 3 N–H and O–H groups in total. The van der Waals surface area contributed by atoms with Gasteiger partial charge in [-0.3, -0.25) is 19.1 Å². The van der Waals surface area contributed by atoms with Crippen LogP contribution in [0, 0.1) is 12.8 Å². The van der Waals surface area contributed by atoms with Crippen molar-refractivity contribution >= 4 is 56.3 Å². The number of allylic oxidation sites excluding steroid dienone is 1. The van der Waals surface area contributed by atoms with Crippen molar-refractivity contribution in [1.29, 1.82) is 0 Å². The lowest BCUT2D eigenvalue weighted by molar-refractivity contribution is -0.141. The van der Waals surface area contributed by atoms with E-state index < -0.39 is 67.7 Å². The number of alkyl carbamates (subject to hydrolysis) is 1. The summed E-state index contributed by atoms with van der Waals surface area (Å²) in [7, 11) is -3.98. The van der Waals surface area contributed by atoms with Crippen LogP contribution in [0.1, 0.15) is 102 Å². The maximum Gasteiger partial charge on any atom is 0.408 e. The van der Waals surface area contributed by atoms with Crippen LogP contribution in [0.15, 0.2) is 30.4 Å². The summed E-state index contributed by atoms with van der Waals surface area (Å²) in [6.07, 6.45) is 11.2. The molecule has 0 radical (unpaired) electrons. The van der Waals surface area contributed by atoms with Crippen LogP contribution in [0.5, 0.6) is 5.75 Å². The Hall–Kier alpha value is -3.91. The number of aromatic nitrogens is 1. The molecule has 3 aliphatic heterocycles. The Kier molecular flexibility index (Phi) is 9.38. The highest BCUT2D eigenvalue weighted by Gasteiger charge is 2.64. The SMILES string of the molecule is Cc1nc2cc(Cl)ccc2c2c1OC1(CC2)CC2C(=O)NC3(C(=O)NS(=O)(=O)C4(C)CC4)CC3C=CCCCCCC(NC(=O)OC3CCC3)C(=O)N2C1. The first-order valence-corrected chi connectivity index (χ1v) is 21.2. The zero-order chi connectivity index (χ0) is 38.0. The second-order valence-electron chi connectivity index (χ2n) is 16.5. The number of pyridine rings is 1. The van der Waals surface area contributed by atoms with E-state index in [9.17, 15) is 27.6 Å². The van der Waals surface area contributed by atoms with E-state index in [0.717, 1.165) is 48.6 Å². The highest BCUT2D eigenvalue weighted by Crippen LogP contribution is 2.49. The van der Waals surface area contributed by atoms with Crippen molar-refractivity contribution in [2.75, 3.05) is 6.54 Å². The largest absolute Gasteiger partial charge is 0.483 e. The number of nitrogens with zero attached hydrogens (tertiary/aromatic N) is 2. The van der Waals surface area contributed by atoms with Crippen LogP contribution in [0.4, 0.5) is 4.79 Å². The van der Waals surface area contributed by atoms with E-state index in [1.54, 1.807) is 6.92 Å². The molecule has 15 heteroatoms. The lowest BCUT2D eigenvalue weighted by Crippen LogP contribution is -2.58. The van der Waals surface area contributed by atoms with E-state index in [1.165, 1.54) is 4.90 Å². The first-order valence-electron chi connectivity index (χ1n) is 19.3. The van der Waals surface area contributed by atoms with Crippen LogP contribution < -0.4 is 20.1 Å². The summed E-state index contributed by atoms with van der Waals surface area (Å²) in [5.41, 5.74) is -0.0780. The number of aryl methyl sites for hydroxylation is 2. The summed E-state index contributed by atoms with van der Waals surface area (Å²) >= 11 is 6.28. The molecule has 1 aromatic carbocycles. The molecule has 1 saturated heterocycles. The lowest BCUT2D eigenvalue weighted by Gasteiger charge is -2.36. The minimum absolute atomic E-state index is 0.0621. The Morgan fingerprint density at radius 3 is 2.61 bits per heavy atom. The maximum absolute atomic E-state index is 14.7. The van der Waals surface area contributed by atoms with Gasteiger partial charge in [-0.25, -0.2) is 18.2 Å². The molecule has 5 unspecified atom stereocenters. The molecule has 6 aliphatic rings. The molecule has 4 fully saturated rings. The van der Waals surface area contributed by atoms with Crippen LogP contribution in [-0.4, -0.2) is 82.7 Å². The summed E-state index contributed by atoms with van der Waals surface area (Å²) in [6, 6.07) is 3.53. The lowest BCUT2D eigenvalue weighted by atomic mass is 9.87. The number of carbonyl (C=O) groups is 4. The minimum Gasteiger partial charge on any atom is -0.483 e. The normalized spacial score (nSPS) is 30.7. The molecule has 4 amide bonds. The molecule has 2 aromatic rings. The Morgan fingerprint density at radius 2 is 1.87 bits per heavy atom. The summed E-state index contributed by atoms with van der Waals surface area (Å²) in [5.74, 6) is -1.60. The van der Waals surface area contributed by atoms with E-state index in [2.05, 4.69) is 15.4 Å². The quantitative estimate of drug-likeness (QED) is 0.357. The van der Waals surface area contributed by atoms with Gasteiger partial charge >= 0.3 is 6.09 Å². The predicted molar refractivity (Wildman–Crippen MR) is 200 cm³/mol. The molecule has 0 bridgehead atoms. The summed E-state index contributed by atoms with van der Waals surface area (Å²) in [4.78, 5) is 62.5. The number of hydrogen-bond donors (Lipinski definition) is 3. The van der Waals surface area contributed by atoms with Crippen LogP contribution in [0.3, 0.4) is 0 Å². The Labute approximate surface area is 320 Å². The summed E-state index contributed by atoms with van der Waals surface area (Å²) in [5, 5.41) is 7.27. The first kappa shape index (κ1) is 37.0. The van der Waals surface area contributed by atoms with Gasteiger partial charge in [-0.05, 0) is 96.6 Å². The summed E-state index contributed by atoms with van der Waals surface area (Å²) < 4.78 is 40.1. The fourth-order valence-corrected chi connectivity index (χ4v) is 9.96. The number of hydrogen-bond acceptors (Lipinski definition) is 9. The van der Waals surface area contributed by atoms with Crippen LogP contribution in [0.2, 0.25) is 5.02 Å². The number of ether oxygens (including phenoxy) is 2. The van der Waals surface area contributed by atoms with Crippen molar-refractivity contribution in [3.8, 4) is 5.75 Å². The first-order chi connectivity index (χ1) is 25.7. The molecule has 4 heterocycles. The monoisotopic (exact) mass is 781 g/mol. The second-order valence-corrected chi connectivity index (χ2v) is 19.1. The van der Waals surface area contributed by atoms with E-state index in [-0.39, 0.29) is 25.5 Å². The van der Waals surface area contributed by atoms with Crippen LogP contribution in [0.25, 0.3) is 10.9 Å². The summed E-state index contributed by atoms with van der Waals surface area (Å²) in [6.45, 7) is 3.52. The van der Waals surface area contributed by atoms with Crippen molar-refractivity contribution in [2.45, 2.75) is 138 Å². The average molecular weight is 782 g/mol. The molecule has 54 heavy (non-hydrogen) atoms. The molecule has 290 valence electrons. The molecule has 5 atom stereocenters. The van der Waals surface area contributed by atoms with Crippen molar-refractivity contribution in [3.63, 3.8) is 0 Å². The number of benzene rings is 1. The van der Waals surface area contributed by atoms with Gasteiger partial charge in [0, 0.05) is 28.3 Å². The van der Waals surface area contributed by atoms with Gasteiger partial charge in [0.05, 0.1) is 22.5 Å². The second kappa shape index (κ2) is 13.7. The van der Waals surface area contributed by atoms with Gasteiger partial charge in [-0.15, -0.1) is 0 Å². The molecular formula is C39H48ClN5O8S. The van der Waals surface area contributed by atoms with Gasteiger partial charge in [-0.1, -0.05) is 42.7 Å². The number of rotatable bonds is 5. The van der Waals surface area contributed by atoms with E-state index in [1.807, 2.05) is 37.3 Å². The van der Waals surface area contributed by atoms with Crippen molar-refractivity contribution in [1.82, 2.24) is 25.2 Å². The third-order valence-electron chi connectivity index (χ3n) is 12.6. The Balaban J connectivity index is 1.12. The highest BCUT2D eigenvalue weighted by molar-refractivity contribution is 7.91. The van der Waals surface area contributed by atoms with Crippen molar-refractivity contribution in [3.05, 3.63) is 46.6 Å². The smallest absolute Gasteiger partial charge is 0.408 e. The van der Waals surface area contributed by atoms with Gasteiger partial charge in [0.1, 0.15) is 35.1 Å². The van der Waals surface area contributed by atoms with Gasteiger partial charge in [-0.2, -0.15) is 0 Å². The Bertz CT molecular complexity index is 2050. The molecule has 8 rings (SSSR count). The fourth-order valence-electron chi connectivity index (χ4n) is 8.48. The maximum atomic E-state index is 14.7. The van der Waals surface area contributed by atoms with Crippen LogP contribution in [-0.2, 0) is 35.6 Å². The highest BCUT2D eigenvalue weighted by atomic mass is 35.5. The van der Waals surface area contributed by atoms with Crippen molar-refractivity contribution < 1.29 is 37.1 Å². The van der Waals surface area contributed by atoms with Crippen molar-refractivity contribution in [2.24, 2.45) is 5.92 Å². The third-order valence-corrected chi connectivity index (χ3v) is 14.9. The molecule has 1 aromatic heterocycles. The van der Waals surface area contributed by atoms with Gasteiger partial charge in [0.15, 0.2) is 0 Å². The number of nitrogens with one attached hydrogen (secondary N) is 3. The molecular weight excluding hydrogens is 734 g/mol. The van der Waals surface area contributed by atoms with Crippen LogP contribution >= 0.6 is 11.6 Å². The van der Waals surface area contributed by atoms with E-state index >= 15 is 0 Å². The minimum atomic E-state index is -3.98. The van der Waals surface area contributed by atoms with E-state index in [4.69, 9.17) is 26.1 Å². The molecule has 3 aliphatic carbocycles. The third kappa shape index (κ3) is 6.82. The number of fused-ring (bicyclic) bond motifs is 5. The topological polar surface area (TPSA) is 173 Å². The zero-order valence-electron chi connectivity index (χ0n) is 30.7. The number of sulfonamides is 1. The molecule has 3 saturated carbocycles. The fraction of sp³-hybridized carbons (Fsp3) is 0.615. The van der Waals surface area contributed by atoms with Gasteiger partial charge < -0.3 is 25.0 Å². The van der Waals surface area contributed by atoms with E-state index in [0.29, 0.717) is 61.4 Å². The zero-order valence-corrected chi connectivity index (χ0v) is 32.3. The van der Waals surface area contributed by atoms with Gasteiger partial charge in [0.25, 0.3) is 5.91 Å². The number of halogens is 1. The number of amides is 4. The number of carbonyl (C=O) groups excluding carboxylic acids is 4. The molecule has 1 spiro atoms. The predicted octanol–water partition coefficient (Wildman–Crippen LogP) is 4.90.